The van der Waals surface area contributed by atoms with Gasteiger partial charge in [0.1, 0.15) is 0 Å². The van der Waals surface area contributed by atoms with Gasteiger partial charge in [0, 0.05) is 12.6 Å². The van der Waals surface area contributed by atoms with Crippen molar-refractivity contribution in [2.45, 2.75) is 58.0 Å². The predicted molar refractivity (Wildman–Crippen MR) is 105 cm³/mol. The second kappa shape index (κ2) is 7.40. The summed E-state index contributed by atoms with van der Waals surface area (Å²) in [5.41, 5.74) is 7.31. The van der Waals surface area contributed by atoms with Crippen LogP contribution in [0, 0.1) is 6.92 Å². The molecule has 1 heterocycles. The number of rotatable bonds is 4. The minimum absolute atomic E-state index is 0.700. The molecule has 0 saturated heterocycles. The van der Waals surface area contributed by atoms with Crippen LogP contribution < -0.4 is 5.32 Å². The number of nitrogens with zero attached hydrogens (tertiary/aromatic N) is 1. The molecule has 1 aliphatic rings. The smallest absolute Gasteiger partial charge is 0.0931 e. The van der Waals surface area contributed by atoms with Gasteiger partial charge in [-0.2, -0.15) is 0 Å². The molecule has 3 nitrogen and oxygen atoms in total. The number of aromatic amines is 1. The lowest BCUT2D eigenvalue weighted by Crippen LogP contribution is -2.27. The summed E-state index contributed by atoms with van der Waals surface area (Å²) in [4.78, 5) is 7.63. The SMILES string of the molecule is Cc1c(-c2ccc(CNC3CCCCCC3)cc2)ccc2[nH]cnc12. The fourth-order valence-electron chi connectivity index (χ4n) is 4.01. The van der Waals surface area contributed by atoms with Crippen LogP contribution in [-0.4, -0.2) is 16.0 Å². The van der Waals surface area contributed by atoms with Gasteiger partial charge in [-0.25, -0.2) is 4.98 Å². The number of imidazole rings is 1. The Bertz CT molecular complexity index is 824. The van der Waals surface area contributed by atoms with E-state index < -0.39 is 0 Å². The van der Waals surface area contributed by atoms with E-state index in [4.69, 9.17) is 0 Å². The number of hydrogen-bond acceptors (Lipinski definition) is 2. The van der Waals surface area contributed by atoms with Gasteiger partial charge in [0.2, 0.25) is 0 Å². The van der Waals surface area contributed by atoms with Crippen LogP contribution in [0.2, 0.25) is 0 Å². The zero-order valence-electron chi connectivity index (χ0n) is 15.0. The van der Waals surface area contributed by atoms with Crippen LogP contribution in [0.25, 0.3) is 22.2 Å². The molecular weight excluding hydrogens is 306 g/mol. The number of aryl methyl sites for hydroxylation is 1. The lowest BCUT2D eigenvalue weighted by molar-refractivity contribution is 0.459. The van der Waals surface area contributed by atoms with Gasteiger partial charge in [-0.15, -0.1) is 0 Å². The van der Waals surface area contributed by atoms with Crippen LogP contribution >= 0.6 is 0 Å². The normalized spacial score (nSPS) is 16.2. The Morgan fingerprint density at radius 3 is 2.52 bits per heavy atom. The summed E-state index contributed by atoms with van der Waals surface area (Å²) in [6, 6.07) is 14.0. The summed E-state index contributed by atoms with van der Waals surface area (Å²) >= 11 is 0. The molecule has 0 aliphatic heterocycles. The van der Waals surface area contributed by atoms with Crippen LogP contribution in [0.15, 0.2) is 42.7 Å². The van der Waals surface area contributed by atoms with Crippen molar-refractivity contribution in [1.29, 1.82) is 0 Å². The van der Waals surface area contributed by atoms with E-state index >= 15 is 0 Å². The third-order valence-electron chi connectivity index (χ3n) is 5.56. The first-order chi connectivity index (χ1) is 12.3. The largest absolute Gasteiger partial charge is 0.345 e. The Labute approximate surface area is 149 Å². The van der Waals surface area contributed by atoms with Crippen molar-refractivity contribution >= 4 is 11.0 Å². The highest BCUT2D eigenvalue weighted by atomic mass is 14.9. The first kappa shape index (κ1) is 16.3. The molecule has 3 heteroatoms. The summed E-state index contributed by atoms with van der Waals surface area (Å²) in [6.45, 7) is 3.13. The van der Waals surface area contributed by atoms with Crippen molar-refractivity contribution in [2.24, 2.45) is 0 Å². The zero-order chi connectivity index (χ0) is 17.1. The zero-order valence-corrected chi connectivity index (χ0v) is 15.0. The molecule has 1 fully saturated rings. The first-order valence-corrected chi connectivity index (χ1v) is 9.56. The van der Waals surface area contributed by atoms with Crippen molar-refractivity contribution in [1.82, 2.24) is 15.3 Å². The van der Waals surface area contributed by atoms with Crippen LogP contribution in [0.5, 0.6) is 0 Å². The molecule has 0 bridgehead atoms. The molecule has 3 aromatic rings. The highest BCUT2D eigenvalue weighted by Crippen LogP contribution is 2.28. The van der Waals surface area contributed by atoms with Gasteiger partial charge in [0.05, 0.1) is 17.4 Å². The first-order valence-electron chi connectivity index (χ1n) is 9.56. The maximum Gasteiger partial charge on any atom is 0.0931 e. The van der Waals surface area contributed by atoms with Gasteiger partial charge in [-0.1, -0.05) is 56.0 Å². The van der Waals surface area contributed by atoms with Crippen LogP contribution in [0.3, 0.4) is 0 Å². The standard InChI is InChI=1S/C22H27N3/c1-16-20(12-13-21-22(16)25-15-24-21)18-10-8-17(9-11-18)14-23-19-6-4-2-3-5-7-19/h8-13,15,19,23H,2-7,14H2,1H3,(H,24,25). The van der Waals surface area contributed by atoms with E-state index in [2.05, 4.69) is 58.6 Å². The molecule has 4 rings (SSSR count). The molecule has 0 unspecified atom stereocenters. The highest BCUT2D eigenvalue weighted by molar-refractivity contribution is 5.86. The van der Waals surface area contributed by atoms with E-state index in [0.29, 0.717) is 6.04 Å². The molecule has 25 heavy (non-hydrogen) atoms. The molecule has 1 saturated carbocycles. The summed E-state index contributed by atoms with van der Waals surface area (Å²) < 4.78 is 0. The number of fused-ring (bicyclic) bond motifs is 1. The molecule has 1 aliphatic carbocycles. The van der Waals surface area contributed by atoms with Crippen LogP contribution in [0.4, 0.5) is 0 Å². The van der Waals surface area contributed by atoms with Gasteiger partial charge in [0.15, 0.2) is 0 Å². The summed E-state index contributed by atoms with van der Waals surface area (Å²) in [7, 11) is 0. The van der Waals surface area contributed by atoms with E-state index in [0.717, 1.165) is 17.6 Å². The van der Waals surface area contributed by atoms with E-state index in [1.54, 1.807) is 6.33 Å². The summed E-state index contributed by atoms with van der Waals surface area (Å²) in [6.07, 6.45) is 10.0. The number of aromatic nitrogens is 2. The molecular formula is C22H27N3. The summed E-state index contributed by atoms with van der Waals surface area (Å²) in [5, 5.41) is 3.76. The number of hydrogen-bond donors (Lipinski definition) is 2. The molecule has 130 valence electrons. The molecule has 0 radical (unpaired) electrons. The Kier molecular flexibility index (Phi) is 4.84. The number of H-pyrrole nitrogens is 1. The molecule has 1 aromatic heterocycles. The van der Waals surface area contributed by atoms with Crippen molar-refractivity contribution in [3.8, 4) is 11.1 Å². The molecule has 2 aromatic carbocycles. The van der Waals surface area contributed by atoms with Crippen molar-refractivity contribution < 1.29 is 0 Å². The lowest BCUT2D eigenvalue weighted by atomic mass is 9.98. The Morgan fingerprint density at radius 2 is 1.76 bits per heavy atom. The third-order valence-corrected chi connectivity index (χ3v) is 5.56. The minimum Gasteiger partial charge on any atom is -0.345 e. The van der Waals surface area contributed by atoms with Crippen molar-refractivity contribution in [3.63, 3.8) is 0 Å². The van der Waals surface area contributed by atoms with Gasteiger partial charge in [-0.3, -0.25) is 0 Å². The van der Waals surface area contributed by atoms with E-state index in [1.807, 2.05) is 0 Å². The topological polar surface area (TPSA) is 40.7 Å². The third kappa shape index (κ3) is 3.62. The summed E-state index contributed by atoms with van der Waals surface area (Å²) in [5.74, 6) is 0. The fourth-order valence-corrected chi connectivity index (χ4v) is 4.01. The molecule has 0 amide bonds. The monoisotopic (exact) mass is 333 g/mol. The van der Waals surface area contributed by atoms with E-state index in [-0.39, 0.29) is 0 Å². The Hall–Kier alpha value is -2.13. The average molecular weight is 333 g/mol. The molecule has 2 N–H and O–H groups in total. The lowest BCUT2D eigenvalue weighted by Gasteiger charge is -2.16. The van der Waals surface area contributed by atoms with Gasteiger partial charge >= 0.3 is 0 Å². The van der Waals surface area contributed by atoms with Gasteiger partial charge < -0.3 is 10.3 Å². The number of nitrogens with one attached hydrogen (secondary N) is 2. The van der Waals surface area contributed by atoms with Crippen LogP contribution in [0.1, 0.15) is 49.7 Å². The second-order valence-electron chi connectivity index (χ2n) is 7.30. The Balaban J connectivity index is 1.46. The van der Waals surface area contributed by atoms with Crippen molar-refractivity contribution in [2.75, 3.05) is 0 Å². The molecule has 0 atom stereocenters. The average Bonchev–Trinajstić information content (AvgIpc) is 2.98. The van der Waals surface area contributed by atoms with Crippen molar-refractivity contribution in [3.05, 3.63) is 53.9 Å². The minimum atomic E-state index is 0.700. The van der Waals surface area contributed by atoms with E-state index in [9.17, 15) is 0 Å². The molecule has 0 spiro atoms. The Morgan fingerprint density at radius 1 is 1.00 bits per heavy atom. The van der Waals surface area contributed by atoms with Crippen LogP contribution in [-0.2, 0) is 6.54 Å². The van der Waals surface area contributed by atoms with E-state index in [1.165, 1.54) is 60.8 Å². The highest BCUT2D eigenvalue weighted by Gasteiger charge is 2.12. The quantitative estimate of drug-likeness (QED) is 0.632. The number of benzene rings is 2. The van der Waals surface area contributed by atoms with Gasteiger partial charge in [-0.05, 0) is 48.1 Å². The maximum atomic E-state index is 4.45. The second-order valence-corrected chi connectivity index (χ2v) is 7.30. The maximum absolute atomic E-state index is 4.45. The van der Waals surface area contributed by atoms with Gasteiger partial charge in [0.25, 0.3) is 0 Å². The fraction of sp³-hybridized carbons (Fsp3) is 0.409. The predicted octanol–water partition coefficient (Wildman–Crippen LogP) is 5.35.